The van der Waals surface area contributed by atoms with Crippen molar-refractivity contribution in [2.45, 2.75) is 58.3 Å². The molecule has 0 aliphatic heterocycles. The van der Waals surface area contributed by atoms with Gasteiger partial charge in [0.1, 0.15) is 0 Å². The molecule has 3 aliphatic carbocycles. The Balaban J connectivity index is 1.19. The molecule has 8 aromatic carbocycles. The first-order valence-corrected chi connectivity index (χ1v) is 23.8. The molecule has 0 unspecified atom stereocenters. The molecule has 0 aromatic heterocycles. The number of benzene rings is 8. The van der Waals surface area contributed by atoms with Crippen LogP contribution in [-0.4, -0.2) is 0 Å². The highest BCUT2D eigenvalue weighted by Crippen LogP contribution is 2.60. The van der Waals surface area contributed by atoms with Crippen molar-refractivity contribution in [3.8, 4) is 33.4 Å². The van der Waals surface area contributed by atoms with Gasteiger partial charge in [-0.1, -0.05) is 174 Å². The molecular formula is C65H56N2. The van der Waals surface area contributed by atoms with Crippen molar-refractivity contribution in [3.05, 3.63) is 252 Å². The van der Waals surface area contributed by atoms with E-state index in [1.807, 2.05) is 6.08 Å². The smallest absolute Gasteiger partial charge is 0.0529 e. The van der Waals surface area contributed by atoms with Crippen molar-refractivity contribution in [1.29, 1.82) is 0 Å². The Morgan fingerprint density at radius 2 is 1.03 bits per heavy atom. The zero-order valence-corrected chi connectivity index (χ0v) is 39.2. The summed E-state index contributed by atoms with van der Waals surface area (Å²) >= 11 is 0. The molecule has 0 saturated heterocycles. The number of fused-ring (bicyclic) bond motifs is 6. The van der Waals surface area contributed by atoms with E-state index in [-0.39, 0.29) is 10.8 Å². The van der Waals surface area contributed by atoms with Gasteiger partial charge in [0.2, 0.25) is 0 Å². The highest BCUT2D eigenvalue weighted by atomic mass is 15.2. The Hall–Kier alpha value is -7.68. The van der Waals surface area contributed by atoms with E-state index in [0.29, 0.717) is 0 Å². The Bertz CT molecular complexity index is 3270. The van der Waals surface area contributed by atoms with Crippen molar-refractivity contribution in [2.24, 2.45) is 0 Å². The van der Waals surface area contributed by atoms with Gasteiger partial charge in [-0.3, -0.25) is 0 Å². The summed E-state index contributed by atoms with van der Waals surface area (Å²) in [5, 5.41) is 0. The summed E-state index contributed by atoms with van der Waals surface area (Å²) in [6, 6.07) is 67.5. The largest absolute Gasteiger partial charge is 0.310 e. The van der Waals surface area contributed by atoms with Crippen LogP contribution in [0.4, 0.5) is 34.1 Å². The summed E-state index contributed by atoms with van der Waals surface area (Å²) in [5.74, 6) is 0. The molecule has 0 atom stereocenters. The van der Waals surface area contributed by atoms with Crippen LogP contribution in [-0.2, 0) is 10.8 Å². The minimum Gasteiger partial charge on any atom is -0.310 e. The molecular weight excluding hydrogens is 809 g/mol. The van der Waals surface area contributed by atoms with E-state index in [4.69, 9.17) is 0 Å². The Morgan fingerprint density at radius 3 is 1.66 bits per heavy atom. The predicted octanol–water partition coefficient (Wildman–Crippen LogP) is 18.2. The second kappa shape index (κ2) is 16.6. The van der Waals surface area contributed by atoms with Crippen molar-refractivity contribution in [2.75, 3.05) is 9.80 Å². The van der Waals surface area contributed by atoms with Crippen LogP contribution in [0.25, 0.3) is 44.5 Å². The molecule has 2 nitrogen and oxygen atoms in total. The monoisotopic (exact) mass is 864 g/mol. The molecule has 0 radical (unpaired) electrons. The maximum Gasteiger partial charge on any atom is 0.0529 e. The molecule has 0 bridgehead atoms. The van der Waals surface area contributed by atoms with Gasteiger partial charge >= 0.3 is 0 Å². The lowest BCUT2D eigenvalue weighted by atomic mass is 9.64. The highest BCUT2D eigenvalue weighted by Gasteiger charge is 2.44. The van der Waals surface area contributed by atoms with Crippen LogP contribution in [0.2, 0.25) is 0 Å². The number of anilines is 6. The minimum atomic E-state index is -0.365. The topological polar surface area (TPSA) is 6.48 Å². The number of rotatable bonds is 9. The van der Waals surface area contributed by atoms with E-state index in [1.54, 1.807) is 0 Å². The van der Waals surface area contributed by atoms with Gasteiger partial charge in [0.15, 0.2) is 0 Å². The predicted molar refractivity (Wildman–Crippen MR) is 287 cm³/mol. The van der Waals surface area contributed by atoms with Crippen molar-refractivity contribution >= 4 is 45.3 Å². The van der Waals surface area contributed by atoms with Crippen LogP contribution >= 0.6 is 0 Å². The fourth-order valence-corrected chi connectivity index (χ4v) is 11.2. The molecule has 0 saturated carbocycles. The van der Waals surface area contributed by atoms with E-state index >= 15 is 0 Å². The lowest BCUT2D eigenvalue weighted by Gasteiger charge is -2.39. The molecule has 67 heavy (non-hydrogen) atoms. The minimum absolute atomic E-state index is 0.275. The number of para-hydroxylation sites is 2. The lowest BCUT2D eigenvalue weighted by Crippen LogP contribution is -2.26. The normalized spacial score (nSPS) is 15.5. The summed E-state index contributed by atoms with van der Waals surface area (Å²) in [6.45, 7) is 16.1. The van der Waals surface area contributed by atoms with Crippen LogP contribution in [0.15, 0.2) is 219 Å². The molecule has 0 heterocycles. The van der Waals surface area contributed by atoms with E-state index in [0.717, 1.165) is 47.0 Å². The van der Waals surface area contributed by atoms with E-state index in [2.05, 4.69) is 257 Å². The summed E-state index contributed by atoms with van der Waals surface area (Å²) in [7, 11) is 0. The lowest BCUT2D eigenvalue weighted by molar-refractivity contribution is 0.656. The van der Waals surface area contributed by atoms with Crippen LogP contribution in [0.5, 0.6) is 0 Å². The molecule has 11 rings (SSSR count). The molecule has 2 heteroatoms. The second-order valence-electron chi connectivity index (χ2n) is 19.3. The van der Waals surface area contributed by atoms with Gasteiger partial charge in [0, 0.05) is 39.3 Å². The van der Waals surface area contributed by atoms with Gasteiger partial charge in [0.05, 0.1) is 5.69 Å². The number of hydrogen-bond donors (Lipinski definition) is 0. The standard InChI is InChI=1S/C65H56N2/c1-7-21-58-62-44(2)22-20-31-54(62)55-42-60-56(43-59(55)64(58,3)4)57-40-53(66(49-27-16-10-17-28-49)51-36-32-47(33-37-51)45-23-12-8-13-24-45)41-61(63(57)65(60,5)6)67(50-29-18-11-19-30-50)52-38-34-48(35-39-52)46-25-14-9-15-26-46/h7,9-12,14-43H,1,8,13H2,2-6H3/b58-21+. The van der Waals surface area contributed by atoms with Gasteiger partial charge in [-0.2, -0.15) is 0 Å². The van der Waals surface area contributed by atoms with Crippen molar-refractivity contribution < 1.29 is 0 Å². The van der Waals surface area contributed by atoms with E-state index in [9.17, 15) is 0 Å². The molecule has 3 aliphatic rings. The average molecular weight is 865 g/mol. The Kier molecular flexibility index (Phi) is 10.4. The quantitative estimate of drug-likeness (QED) is 0.143. The summed E-state index contributed by atoms with van der Waals surface area (Å²) in [6.07, 6.45) is 13.3. The maximum absolute atomic E-state index is 4.19. The van der Waals surface area contributed by atoms with Crippen LogP contribution in [0.3, 0.4) is 0 Å². The number of hydrogen-bond acceptors (Lipinski definition) is 2. The first-order valence-electron chi connectivity index (χ1n) is 23.8. The van der Waals surface area contributed by atoms with E-state index in [1.165, 1.54) is 77.9 Å². The molecule has 0 fully saturated rings. The zero-order valence-electron chi connectivity index (χ0n) is 39.2. The van der Waals surface area contributed by atoms with E-state index < -0.39 is 0 Å². The molecule has 0 amide bonds. The van der Waals surface area contributed by atoms with Gasteiger partial charge < -0.3 is 9.80 Å². The molecule has 8 aromatic rings. The first-order chi connectivity index (χ1) is 32.6. The van der Waals surface area contributed by atoms with Crippen LogP contribution in [0.1, 0.15) is 73.9 Å². The van der Waals surface area contributed by atoms with Crippen molar-refractivity contribution in [1.82, 2.24) is 0 Å². The maximum atomic E-state index is 4.19. The highest BCUT2D eigenvalue weighted by molar-refractivity contribution is 6.00. The molecule has 326 valence electrons. The second-order valence-corrected chi connectivity index (χ2v) is 19.3. The zero-order chi connectivity index (χ0) is 45.9. The van der Waals surface area contributed by atoms with Gasteiger partial charge in [-0.25, -0.2) is 0 Å². The fraction of sp³-hybridized carbons (Fsp3) is 0.138. The molecule has 0 spiro atoms. The van der Waals surface area contributed by atoms with Gasteiger partial charge in [0.25, 0.3) is 0 Å². The van der Waals surface area contributed by atoms with Gasteiger partial charge in [-0.15, -0.1) is 0 Å². The van der Waals surface area contributed by atoms with Crippen LogP contribution < -0.4 is 9.80 Å². The summed E-state index contributed by atoms with van der Waals surface area (Å²) in [5.41, 5.74) is 24.0. The van der Waals surface area contributed by atoms with Gasteiger partial charge in [-0.05, 0) is 170 Å². The average Bonchev–Trinajstić information content (AvgIpc) is 3.59. The molecule has 0 N–H and O–H groups in total. The summed E-state index contributed by atoms with van der Waals surface area (Å²) in [4.78, 5) is 4.93. The first kappa shape index (κ1) is 42.0. The van der Waals surface area contributed by atoms with Crippen molar-refractivity contribution in [3.63, 3.8) is 0 Å². The third kappa shape index (κ3) is 7.11. The summed E-state index contributed by atoms with van der Waals surface area (Å²) < 4.78 is 0. The number of aryl methyl sites for hydroxylation is 1. The van der Waals surface area contributed by atoms with Crippen LogP contribution in [0, 0.1) is 6.92 Å². The Morgan fingerprint density at radius 1 is 0.478 bits per heavy atom. The Labute approximate surface area is 397 Å². The fourth-order valence-electron chi connectivity index (χ4n) is 11.2. The third-order valence-corrected chi connectivity index (χ3v) is 14.5. The third-order valence-electron chi connectivity index (χ3n) is 14.5. The number of nitrogens with zero attached hydrogens (tertiary/aromatic N) is 2. The number of allylic oxidation sites excluding steroid dienone is 7. The SMILES string of the molecule is C=C/C=C1\c2c(C)cccc2-c2cc3c(cc2C1(C)C)-c1cc(N(c2ccccc2)c2ccc(C4=CCCC=C4)cc2)cc(N(c2ccccc2)c2ccc(-c4ccccc4)cc2)c1C3(C)C.